The Morgan fingerprint density at radius 2 is 2.24 bits per heavy atom. The van der Waals surface area contributed by atoms with Gasteiger partial charge in [-0.3, -0.25) is 0 Å². The van der Waals surface area contributed by atoms with Crippen molar-refractivity contribution >= 4 is 28.6 Å². The fourth-order valence-corrected chi connectivity index (χ4v) is 3.08. The number of rotatable bonds is 3. The van der Waals surface area contributed by atoms with Gasteiger partial charge in [-0.05, 0) is 25.7 Å². The van der Waals surface area contributed by atoms with Gasteiger partial charge in [-0.2, -0.15) is 5.10 Å². The second kappa shape index (κ2) is 5.61. The molecule has 1 N–H and O–H groups in total. The number of ether oxygens (including phenoxy) is 1. The molecule has 0 atom stereocenters. The van der Waals surface area contributed by atoms with Gasteiger partial charge in [-0.15, -0.1) is 0 Å². The summed E-state index contributed by atoms with van der Waals surface area (Å²) in [7, 11) is 0. The molecule has 6 nitrogen and oxygen atoms in total. The molecule has 21 heavy (non-hydrogen) atoms. The number of hydrogen-bond acceptors (Lipinski definition) is 4. The molecule has 0 spiro atoms. The van der Waals surface area contributed by atoms with Crippen LogP contribution in [0.1, 0.15) is 28.9 Å². The Kier molecular flexibility index (Phi) is 3.82. The summed E-state index contributed by atoms with van der Waals surface area (Å²) in [5.74, 6) is -0.577. The van der Waals surface area contributed by atoms with Gasteiger partial charge in [0.05, 0.1) is 21.7 Å². The number of aromatic carboxylic acids is 1. The third kappa shape index (κ3) is 2.61. The minimum Gasteiger partial charge on any atom is -0.478 e. The van der Waals surface area contributed by atoms with Crippen LogP contribution in [0.4, 0.5) is 0 Å². The SMILES string of the molecule is Cc1nn(CC2CCOCC2)c2ncc(C(=O)O)c(Cl)c12. The van der Waals surface area contributed by atoms with E-state index in [0.717, 1.165) is 32.6 Å². The lowest BCUT2D eigenvalue weighted by molar-refractivity contribution is 0.0604. The van der Waals surface area contributed by atoms with Crippen LogP contribution in [0.3, 0.4) is 0 Å². The van der Waals surface area contributed by atoms with Crippen LogP contribution in [0.5, 0.6) is 0 Å². The average Bonchev–Trinajstić information content (AvgIpc) is 2.77. The molecule has 1 saturated heterocycles. The molecule has 2 aromatic heterocycles. The number of aromatic nitrogens is 3. The number of carboxylic acids is 1. The Morgan fingerprint density at radius 1 is 1.52 bits per heavy atom. The number of carbonyl (C=O) groups is 1. The van der Waals surface area contributed by atoms with Crippen molar-refractivity contribution in [3.63, 3.8) is 0 Å². The number of pyridine rings is 1. The van der Waals surface area contributed by atoms with E-state index in [1.165, 1.54) is 6.20 Å². The molecule has 1 aliphatic rings. The van der Waals surface area contributed by atoms with Crippen molar-refractivity contribution in [2.75, 3.05) is 13.2 Å². The summed E-state index contributed by atoms with van der Waals surface area (Å²) in [4.78, 5) is 15.4. The zero-order valence-electron chi connectivity index (χ0n) is 11.7. The second-order valence-electron chi connectivity index (χ2n) is 5.31. The van der Waals surface area contributed by atoms with Crippen LogP contribution in [0.2, 0.25) is 5.02 Å². The van der Waals surface area contributed by atoms with Gasteiger partial charge in [-0.1, -0.05) is 11.6 Å². The topological polar surface area (TPSA) is 77.2 Å². The zero-order valence-corrected chi connectivity index (χ0v) is 12.4. The molecule has 3 heterocycles. The van der Waals surface area contributed by atoms with Crippen LogP contribution in [-0.2, 0) is 11.3 Å². The summed E-state index contributed by atoms with van der Waals surface area (Å²) in [6.07, 6.45) is 3.30. The van der Waals surface area contributed by atoms with Gasteiger partial charge >= 0.3 is 5.97 Å². The molecule has 0 aliphatic carbocycles. The molecule has 2 aromatic rings. The molecule has 0 bridgehead atoms. The van der Waals surface area contributed by atoms with E-state index in [2.05, 4.69) is 10.1 Å². The largest absolute Gasteiger partial charge is 0.478 e. The predicted molar refractivity (Wildman–Crippen MR) is 77.8 cm³/mol. The van der Waals surface area contributed by atoms with Gasteiger partial charge in [-0.25, -0.2) is 14.5 Å². The number of halogens is 1. The van der Waals surface area contributed by atoms with Crippen LogP contribution >= 0.6 is 11.6 Å². The van der Waals surface area contributed by atoms with Crippen molar-refractivity contribution in [1.82, 2.24) is 14.8 Å². The van der Waals surface area contributed by atoms with Crippen LogP contribution < -0.4 is 0 Å². The lowest BCUT2D eigenvalue weighted by Gasteiger charge is -2.21. The zero-order chi connectivity index (χ0) is 15.0. The Labute approximate surface area is 126 Å². The summed E-state index contributed by atoms with van der Waals surface area (Å²) in [5.41, 5.74) is 1.37. The standard InChI is InChI=1S/C14H16ClN3O3/c1-8-11-12(15)10(14(19)20)6-16-13(11)18(17-8)7-9-2-4-21-5-3-9/h6,9H,2-5,7H2,1H3,(H,19,20). The van der Waals surface area contributed by atoms with Crippen molar-refractivity contribution in [1.29, 1.82) is 0 Å². The molecule has 3 rings (SSSR count). The van der Waals surface area contributed by atoms with Crippen LogP contribution in [0, 0.1) is 12.8 Å². The first-order chi connectivity index (χ1) is 10.1. The fourth-order valence-electron chi connectivity index (χ4n) is 2.72. The number of carboxylic acid groups (broad SMARTS) is 1. The third-order valence-electron chi connectivity index (χ3n) is 3.87. The minimum atomic E-state index is -1.08. The van der Waals surface area contributed by atoms with Gasteiger partial charge in [0, 0.05) is 26.0 Å². The van der Waals surface area contributed by atoms with Gasteiger partial charge < -0.3 is 9.84 Å². The van der Waals surface area contributed by atoms with E-state index in [0.29, 0.717) is 22.6 Å². The van der Waals surface area contributed by atoms with Crippen molar-refractivity contribution in [2.45, 2.75) is 26.3 Å². The van der Waals surface area contributed by atoms with Crippen molar-refractivity contribution in [3.8, 4) is 0 Å². The average molecular weight is 310 g/mol. The summed E-state index contributed by atoms with van der Waals surface area (Å²) in [6.45, 7) is 4.13. The predicted octanol–water partition coefficient (Wildman–Crippen LogP) is 2.52. The van der Waals surface area contributed by atoms with Crippen LogP contribution in [0.15, 0.2) is 6.20 Å². The van der Waals surface area contributed by atoms with Crippen molar-refractivity contribution < 1.29 is 14.6 Å². The summed E-state index contributed by atoms with van der Waals surface area (Å²) >= 11 is 6.20. The van der Waals surface area contributed by atoms with E-state index in [9.17, 15) is 4.79 Å². The van der Waals surface area contributed by atoms with E-state index in [1.54, 1.807) is 0 Å². The minimum absolute atomic E-state index is 0.0119. The first kappa shape index (κ1) is 14.3. The van der Waals surface area contributed by atoms with Gasteiger partial charge in [0.15, 0.2) is 5.65 Å². The lowest BCUT2D eigenvalue weighted by Crippen LogP contribution is -2.21. The molecule has 0 aromatic carbocycles. The highest BCUT2D eigenvalue weighted by Crippen LogP contribution is 2.29. The van der Waals surface area contributed by atoms with Crippen molar-refractivity contribution in [3.05, 3.63) is 22.5 Å². The van der Waals surface area contributed by atoms with Gasteiger partial charge in [0.1, 0.15) is 0 Å². The Balaban J connectivity index is 2.01. The van der Waals surface area contributed by atoms with Crippen LogP contribution in [-0.4, -0.2) is 39.1 Å². The van der Waals surface area contributed by atoms with Gasteiger partial charge in [0.2, 0.25) is 0 Å². The highest BCUT2D eigenvalue weighted by molar-refractivity contribution is 6.38. The molecule has 1 aliphatic heterocycles. The third-order valence-corrected chi connectivity index (χ3v) is 4.27. The maximum absolute atomic E-state index is 11.1. The smallest absolute Gasteiger partial charge is 0.338 e. The number of hydrogen-bond donors (Lipinski definition) is 1. The monoisotopic (exact) mass is 309 g/mol. The van der Waals surface area contributed by atoms with E-state index in [1.807, 2.05) is 11.6 Å². The number of nitrogens with zero attached hydrogens (tertiary/aromatic N) is 3. The molecular weight excluding hydrogens is 294 g/mol. The number of aryl methyl sites for hydroxylation is 1. The molecule has 1 fully saturated rings. The lowest BCUT2D eigenvalue weighted by atomic mass is 10.0. The van der Waals surface area contributed by atoms with Crippen LogP contribution in [0.25, 0.3) is 11.0 Å². The Morgan fingerprint density at radius 3 is 2.90 bits per heavy atom. The molecule has 0 radical (unpaired) electrons. The van der Waals surface area contributed by atoms with Crippen molar-refractivity contribution in [2.24, 2.45) is 5.92 Å². The number of fused-ring (bicyclic) bond motifs is 1. The maximum atomic E-state index is 11.1. The summed E-state index contributed by atoms with van der Waals surface area (Å²) in [5, 5.41) is 14.4. The molecule has 7 heteroatoms. The van der Waals surface area contributed by atoms with E-state index in [-0.39, 0.29) is 10.6 Å². The molecule has 0 amide bonds. The molecule has 0 saturated carbocycles. The fraction of sp³-hybridized carbons (Fsp3) is 0.500. The van der Waals surface area contributed by atoms with E-state index < -0.39 is 5.97 Å². The maximum Gasteiger partial charge on any atom is 0.338 e. The van der Waals surface area contributed by atoms with E-state index in [4.69, 9.17) is 21.4 Å². The molecular formula is C14H16ClN3O3. The summed E-state index contributed by atoms with van der Waals surface area (Å²) < 4.78 is 7.19. The summed E-state index contributed by atoms with van der Waals surface area (Å²) in [6, 6.07) is 0. The highest BCUT2D eigenvalue weighted by Gasteiger charge is 2.21. The normalized spacial score (nSPS) is 16.5. The Bertz CT molecular complexity index is 692. The molecule has 0 unspecified atom stereocenters. The first-order valence-electron chi connectivity index (χ1n) is 6.90. The van der Waals surface area contributed by atoms with E-state index >= 15 is 0 Å². The van der Waals surface area contributed by atoms with Gasteiger partial charge in [0.25, 0.3) is 0 Å². The quantitative estimate of drug-likeness (QED) is 0.942. The highest BCUT2D eigenvalue weighted by atomic mass is 35.5. The first-order valence-corrected chi connectivity index (χ1v) is 7.28. The molecule has 112 valence electrons. The second-order valence-corrected chi connectivity index (χ2v) is 5.69. The Hall–Kier alpha value is -1.66.